The maximum Gasteiger partial charge on any atom is 0.152 e. The molecular formula is C19H17N3O2. The van der Waals surface area contributed by atoms with Crippen LogP contribution in [0.4, 0.5) is 0 Å². The van der Waals surface area contributed by atoms with Gasteiger partial charge < -0.3 is 14.8 Å². The summed E-state index contributed by atoms with van der Waals surface area (Å²) in [5.74, 6) is 0.863. The molecule has 0 aliphatic carbocycles. The van der Waals surface area contributed by atoms with Crippen molar-refractivity contribution in [3.63, 3.8) is 0 Å². The highest BCUT2D eigenvalue weighted by Gasteiger charge is 2.14. The predicted octanol–water partition coefficient (Wildman–Crippen LogP) is 4.05. The summed E-state index contributed by atoms with van der Waals surface area (Å²) in [6, 6.07) is 15.2. The van der Waals surface area contributed by atoms with Gasteiger partial charge in [0.15, 0.2) is 11.6 Å². The quantitative estimate of drug-likeness (QED) is 0.561. The number of nitriles is 1. The van der Waals surface area contributed by atoms with Gasteiger partial charge in [0.2, 0.25) is 0 Å². The Morgan fingerprint density at radius 2 is 2.00 bits per heavy atom. The number of aliphatic hydroxyl groups is 1. The van der Waals surface area contributed by atoms with Gasteiger partial charge in [0.05, 0.1) is 11.0 Å². The number of H-pyrrole nitrogens is 1. The molecule has 0 unspecified atom stereocenters. The zero-order chi connectivity index (χ0) is 17.1. The van der Waals surface area contributed by atoms with Gasteiger partial charge >= 0.3 is 0 Å². The van der Waals surface area contributed by atoms with Crippen molar-refractivity contribution < 1.29 is 9.84 Å². The second kappa shape index (κ2) is 6.47. The minimum atomic E-state index is -0.155. The number of hydrogen-bond acceptors (Lipinski definition) is 4. The lowest BCUT2D eigenvalue weighted by molar-refractivity contribution is 0.271. The number of hydrogen-bond donors (Lipinski definition) is 2. The number of ether oxygens (including phenoxy) is 1. The topological polar surface area (TPSA) is 81.9 Å². The number of benzene rings is 2. The summed E-state index contributed by atoms with van der Waals surface area (Å²) in [5.41, 5.74) is 3.74. The number of allylic oxidation sites excluding steroid dienone is 1. The van der Waals surface area contributed by atoms with Crippen molar-refractivity contribution >= 4 is 16.6 Å². The van der Waals surface area contributed by atoms with Crippen molar-refractivity contribution in [3.8, 4) is 11.8 Å². The summed E-state index contributed by atoms with van der Waals surface area (Å²) in [5, 5.41) is 19.7. The van der Waals surface area contributed by atoms with Crippen LogP contribution >= 0.6 is 0 Å². The number of aryl methyl sites for hydroxylation is 1. The van der Waals surface area contributed by atoms with Crippen LogP contribution in [-0.4, -0.2) is 21.7 Å². The Hall–Kier alpha value is -3.26. The van der Waals surface area contributed by atoms with Crippen molar-refractivity contribution in [2.24, 2.45) is 0 Å². The second-order valence-corrected chi connectivity index (χ2v) is 5.52. The van der Waals surface area contributed by atoms with E-state index in [1.165, 1.54) is 0 Å². The number of nitrogens with zero attached hydrogens (tertiary/aromatic N) is 2. The van der Waals surface area contributed by atoms with Gasteiger partial charge in [-0.25, -0.2) is 4.98 Å². The highest BCUT2D eigenvalue weighted by molar-refractivity contribution is 5.82. The van der Waals surface area contributed by atoms with Crippen LogP contribution in [0.3, 0.4) is 0 Å². The molecule has 120 valence electrons. The minimum absolute atomic E-state index is 0.0801. The molecule has 0 bridgehead atoms. The maximum absolute atomic E-state index is 10.3. The van der Waals surface area contributed by atoms with Crippen LogP contribution in [0.2, 0.25) is 0 Å². The minimum Gasteiger partial charge on any atom is -0.507 e. The van der Waals surface area contributed by atoms with Gasteiger partial charge in [0.25, 0.3) is 0 Å². The van der Waals surface area contributed by atoms with Gasteiger partial charge in [-0.05, 0) is 43.2 Å². The third kappa shape index (κ3) is 2.95. The first-order valence-corrected chi connectivity index (χ1v) is 7.56. The second-order valence-electron chi connectivity index (χ2n) is 5.52. The number of aromatic amines is 1. The Bertz CT molecular complexity index is 931. The van der Waals surface area contributed by atoms with E-state index >= 15 is 0 Å². The maximum atomic E-state index is 10.3. The molecule has 2 N–H and O–H groups in total. The van der Waals surface area contributed by atoms with Crippen LogP contribution in [0.5, 0.6) is 5.75 Å². The van der Waals surface area contributed by atoms with Gasteiger partial charge in [-0.15, -0.1) is 0 Å². The molecule has 2 aromatic carbocycles. The molecule has 1 aromatic heterocycles. The first-order valence-electron chi connectivity index (χ1n) is 7.56. The van der Waals surface area contributed by atoms with Gasteiger partial charge in [0, 0.05) is 0 Å². The zero-order valence-electron chi connectivity index (χ0n) is 13.5. The van der Waals surface area contributed by atoms with E-state index in [1.807, 2.05) is 62.4 Å². The number of aliphatic hydroxyl groups excluding tert-OH is 1. The van der Waals surface area contributed by atoms with Crippen LogP contribution < -0.4 is 4.74 Å². The number of rotatable bonds is 4. The zero-order valence-corrected chi connectivity index (χ0v) is 13.5. The molecule has 5 nitrogen and oxygen atoms in total. The van der Waals surface area contributed by atoms with E-state index in [0.717, 1.165) is 22.2 Å². The fourth-order valence-electron chi connectivity index (χ4n) is 2.42. The normalized spacial score (nSPS) is 11.9. The van der Waals surface area contributed by atoms with Crippen molar-refractivity contribution in [1.29, 1.82) is 5.26 Å². The Morgan fingerprint density at radius 1 is 1.21 bits per heavy atom. The molecule has 0 atom stereocenters. The van der Waals surface area contributed by atoms with E-state index in [-0.39, 0.29) is 17.9 Å². The summed E-state index contributed by atoms with van der Waals surface area (Å²) in [4.78, 5) is 7.38. The molecule has 0 saturated carbocycles. The third-order valence-corrected chi connectivity index (χ3v) is 3.95. The highest BCUT2D eigenvalue weighted by atomic mass is 16.5. The molecule has 5 heteroatoms. The van der Waals surface area contributed by atoms with Gasteiger partial charge in [-0.2, -0.15) is 5.26 Å². The number of para-hydroxylation sites is 2. The van der Waals surface area contributed by atoms with Crippen molar-refractivity contribution in [2.45, 2.75) is 13.8 Å². The Morgan fingerprint density at radius 3 is 2.75 bits per heavy atom. The van der Waals surface area contributed by atoms with Gasteiger partial charge in [0.1, 0.15) is 24.0 Å². The molecule has 24 heavy (non-hydrogen) atoms. The van der Waals surface area contributed by atoms with Crippen molar-refractivity contribution in [2.75, 3.05) is 6.61 Å². The molecule has 0 amide bonds. The number of imidazole rings is 1. The lowest BCUT2D eigenvalue weighted by atomic mass is 10.1. The first kappa shape index (κ1) is 15.6. The van der Waals surface area contributed by atoms with Crippen LogP contribution in [0.25, 0.3) is 16.6 Å². The standard InChI is InChI=1S/C19H17N3O2/c1-12-6-5-9-18(13(12)2)24-11-17(23)14(10-20)19-21-15-7-3-4-8-16(15)22-19/h3-9,23H,11H2,1-2H3,(H,21,22). The summed E-state index contributed by atoms with van der Waals surface area (Å²) in [6.07, 6.45) is 0. The van der Waals surface area contributed by atoms with E-state index in [2.05, 4.69) is 9.97 Å². The fourth-order valence-corrected chi connectivity index (χ4v) is 2.42. The van der Waals surface area contributed by atoms with Crippen molar-refractivity contribution in [3.05, 3.63) is 65.2 Å². The predicted molar refractivity (Wildman–Crippen MR) is 92.7 cm³/mol. The summed E-state index contributed by atoms with van der Waals surface area (Å²) >= 11 is 0. The molecular weight excluding hydrogens is 302 g/mol. The smallest absolute Gasteiger partial charge is 0.152 e. The fraction of sp³-hybridized carbons (Fsp3) is 0.158. The molecule has 0 aliphatic rings. The molecule has 1 heterocycles. The average Bonchev–Trinajstić information content (AvgIpc) is 3.00. The molecule has 3 aromatic rings. The number of nitrogens with one attached hydrogen (secondary N) is 1. The van der Waals surface area contributed by atoms with Gasteiger partial charge in [-0.3, -0.25) is 0 Å². The van der Waals surface area contributed by atoms with Crippen LogP contribution in [0.1, 0.15) is 17.0 Å². The van der Waals surface area contributed by atoms with E-state index in [4.69, 9.17) is 4.74 Å². The highest BCUT2D eigenvalue weighted by Crippen LogP contribution is 2.23. The average molecular weight is 319 g/mol. The number of fused-ring (bicyclic) bond motifs is 1. The molecule has 0 radical (unpaired) electrons. The SMILES string of the molecule is Cc1cccc(OCC(O)=C(C#N)c2nc3ccccc3[nH]2)c1C. The monoisotopic (exact) mass is 319 g/mol. The van der Waals surface area contributed by atoms with Crippen molar-refractivity contribution in [1.82, 2.24) is 9.97 Å². The summed E-state index contributed by atoms with van der Waals surface area (Å²) < 4.78 is 5.66. The largest absolute Gasteiger partial charge is 0.507 e. The van der Waals surface area contributed by atoms with Gasteiger partial charge in [-0.1, -0.05) is 24.3 Å². The van der Waals surface area contributed by atoms with E-state index in [9.17, 15) is 10.4 Å². The van der Waals surface area contributed by atoms with E-state index in [0.29, 0.717) is 11.6 Å². The first-order chi connectivity index (χ1) is 11.6. The van der Waals surface area contributed by atoms with Crippen LogP contribution in [0, 0.1) is 25.2 Å². The molecule has 0 spiro atoms. The lowest BCUT2D eigenvalue weighted by Gasteiger charge is -2.10. The van der Waals surface area contributed by atoms with E-state index < -0.39 is 0 Å². The third-order valence-electron chi connectivity index (χ3n) is 3.95. The van der Waals surface area contributed by atoms with Crippen LogP contribution in [0.15, 0.2) is 48.2 Å². The number of aromatic nitrogens is 2. The molecule has 0 aliphatic heterocycles. The van der Waals surface area contributed by atoms with Crippen LogP contribution in [-0.2, 0) is 0 Å². The van der Waals surface area contributed by atoms with E-state index in [1.54, 1.807) is 0 Å². The Kier molecular flexibility index (Phi) is 4.21. The lowest BCUT2D eigenvalue weighted by Crippen LogP contribution is -2.05. The Balaban J connectivity index is 1.88. The summed E-state index contributed by atoms with van der Waals surface area (Å²) in [7, 11) is 0. The summed E-state index contributed by atoms with van der Waals surface area (Å²) in [6.45, 7) is 3.85. The molecule has 0 saturated heterocycles. The molecule has 0 fully saturated rings. The Labute approximate surface area is 139 Å². The molecule has 3 rings (SSSR count).